The van der Waals surface area contributed by atoms with Crippen molar-refractivity contribution >= 4 is 10.0 Å². The van der Waals surface area contributed by atoms with Crippen LogP contribution in [0.15, 0.2) is 38.9 Å². The molecule has 0 amide bonds. The van der Waals surface area contributed by atoms with E-state index in [1.165, 1.54) is 18.4 Å². The van der Waals surface area contributed by atoms with Gasteiger partial charge in [-0.3, -0.25) is 9.36 Å². The van der Waals surface area contributed by atoms with Crippen LogP contribution in [0.3, 0.4) is 0 Å². The minimum atomic E-state index is -4.19. The van der Waals surface area contributed by atoms with Crippen molar-refractivity contribution in [3.05, 3.63) is 50.8 Å². The van der Waals surface area contributed by atoms with Gasteiger partial charge < -0.3 is 14.0 Å². The molecule has 9 nitrogen and oxygen atoms in total. The van der Waals surface area contributed by atoms with Gasteiger partial charge in [-0.2, -0.15) is 4.31 Å². The minimum Gasteiger partial charge on any atom is -0.454 e. The summed E-state index contributed by atoms with van der Waals surface area (Å²) < 4.78 is 42.0. The third-order valence-electron chi connectivity index (χ3n) is 6.81. The van der Waals surface area contributed by atoms with E-state index in [1.54, 1.807) is 12.1 Å². The van der Waals surface area contributed by atoms with Crippen molar-refractivity contribution in [1.29, 1.82) is 0 Å². The summed E-state index contributed by atoms with van der Waals surface area (Å²) in [6.45, 7) is 4.42. The highest BCUT2D eigenvalue weighted by atomic mass is 32.2. The summed E-state index contributed by atoms with van der Waals surface area (Å²) in [5, 5.41) is 0. The molecule has 2 aliphatic rings. The fourth-order valence-electron chi connectivity index (χ4n) is 4.64. The van der Waals surface area contributed by atoms with E-state index >= 15 is 0 Å². The van der Waals surface area contributed by atoms with Crippen molar-refractivity contribution in [3.8, 4) is 11.5 Å². The number of aromatic nitrogens is 2. The van der Waals surface area contributed by atoms with Gasteiger partial charge in [-0.05, 0) is 36.0 Å². The minimum absolute atomic E-state index is 0.0900. The normalized spacial score (nSPS) is 23.0. The van der Waals surface area contributed by atoms with E-state index in [0.717, 1.165) is 33.7 Å². The summed E-state index contributed by atoms with van der Waals surface area (Å²) in [7, 11) is -1.47. The van der Waals surface area contributed by atoms with Crippen molar-refractivity contribution < 1.29 is 17.9 Å². The number of nitrogens with zero attached hydrogens (tertiary/aromatic N) is 3. The number of hydrogen-bond donors (Lipinski definition) is 0. The van der Waals surface area contributed by atoms with E-state index in [2.05, 4.69) is 13.8 Å². The van der Waals surface area contributed by atoms with Gasteiger partial charge in [0.2, 0.25) is 6.79 Å². The molecule has 0 radical (unpaired) electrons. The van der Waals surface area contributed by atoms with E-state index in [9.17, 15) is 18.0 Å². The van der Waals surface area contributed by atoms with Crippen molar-refractivity contribution in [2.75, 3.05) is 6.79 Å². The molecule has 3 atom stereocenters. The van der Waals surface area contributed by atoms with E-state index in [4.69, 9.17) is 9.47 Å². The number of fused-ring (bicyclic) bond motifs is 1. The van der Waals surface area contributed by atoms with Crippen molar-refractivity contribution in [2.45, 2.75) is 50.6 Å². The Bertz CT molecular complexity index is 1250. The predicted molar refractivity (Wildman–Crippen MR) is 118 cm³/mol. The third kappa shape index (κ3) is 3.86. The fraction of sp³-hybridized carbons (Fsp3) is 0.545. The molecule has 2 heterocycles. The summed E-state index contributed by atoms with van der Waals surface area (Å²) in [4.78, 5) is 24.6. The fourth-order valence-corrected chi connectivity index (χ4v) is 6.51. The monoisotopic (exact) mass is 463 g/mol. The molecule has 174 valence electrons. The molecule has 1 aliphatic carbocycles. The number of sulfonamides is 1. The molecule has 1 aromatic carbocycles. The van der Waals surface area contributed by atoms with Gasteiger partial charge in [0.15, 0.2) is 16.4 Å². The first kappa shape index (κ1) is 22.6. The lowest BCUT2D eigenvalue weighted by atomic mass is 9.78. The highest BCUT2D eigenvalue weighted by molar-refractivity contribution is 7.89. The topological polar surface area (TPSA) is 99.8 Å². The van der Waals surface area contributed by atoms with Crippen LogP contribution in [0.25, 0.3) is 0 Å². The number of benzene rings is 1. The highest BCUT2D eigenvalue weighted by Crippen LogP contribution is 2.37. The first-order valence-electron chi connectivity index (χ1n) is 10.8. The maximum Gasteiger partial charge on any atom is 0.330 e. The Morgan fingerprint density at radius 2 is 1.81 bits per heavy atom. The maximum atomic E-state index is 13.9. The lowest BCUT2D eigenvalue weighted by Gasteiger charge is -2.40. The predicted octanol–water partition coefficient (Wildman–Crippen LogP) is 1.83. The summed E-state index contributed by atoms with van der Waals surface area (Å²) in [6, 6.07) is 5.09. The van der Waals surface area contributed by atoms with Gasteiger partial charge in [-0.15, -0.1) is 0 Å². The third-order valence-corrected chi connectivity index (χ3v) is 8.66. The Labute approximate surface area is 187 Å². The Hall–Kier alpha value is -2.59. The molecule has 10 heteroatoms. The van der Waals surface area contributed by atoms with Crippen LogP contribution in [-0.2, 0) is 30.7 Å². The average molecular weight is 464 g/mol. The summed E-state index contributed by atoms with van der Waals surface area (Å²) >= 11 is 0. The van der Waals surface area contributed by atoms with Crippen LogP contribution in [-0.4, -0.2) is 34.7 Å². The van der Waals surface area contributed by atoms with Crippen LogP contribution >= 0.6 is 0 Å². The largest absolute Gasteiger partial charge is 0.454 e. The second-order valence-corrected chi connectivity index (χ2v) is 10.7. The molecule has 0 bridgehead atoms. The highest BCUT2D eigenvalue weighted by Gasteiger charge is 2.40. The van der Waals surface area contributed by atoms with E-state index in [0.29, 0.717) is 23.8 Å². The summed E-state index contributed by atoms with van der Waals surface area (Å²) in [6.07, 6.45) is 3.79. The SMILES string of the molecule is C[C@H]1[C@H](C)CCC[C@@H]1N(Cc1ccc2c(c1)OCO2)S(=O)(=O)c1cn(C)c(=O)n(C)c1=O. The van der Waals surface area contributed by atoms with E-state index < -0.39 is 26.2 Å². The Balaban J connectivity index is 1.82. The van der Waals surface area contributed by atoms with Crippen LogP contribution in [0.1, 0.15) is 38.7 Å². The van der Waals surface area contributed by atoms with Crippen molar-refractivity contribution in [1.82, 2.24) is 13.4 Å². The van der Waals surface area contributed by atoms with Gasteiger partial charge in [0.25, 0.3) is 15.6 Å². The molecule has 0 unspecified atom stereocenters. The van der Waals surface area contributed by atoms with E-state index in [1.807, 2.05) is 6.07 Å². The number of rotatable bonds is 5. The summed E-state index contributed by atoms with van der Waals surface area (Å²) in [5.41, 5.74) is -0.652. The zero-order chi connectivity index (χ0) is 23.2. The number of hydrogen-bond acceptors (Lipinski definition) is 6. The lowest BCUT2D eigenvalue weighted by molar-refractivity contribution is 0.138. The molecule has 1 fully saturated rings. The zero-order valence-electron chi connectivity index (χ0n) is 18.8. The molecule has 1 saturated carbocycles. The Kier molecular flexibility index (Phi) is 5.93. The first-order chi connectivity index (χ1) is 15.1. The molecule has 4 rings (SSSR count). The molecule has 0 saturated heterocycles. The smallest absolute Gasteiger partial charge is 0.330 e. The van der Waals surface area contributed by atoms with Crippen LogP contribution in [0.4, 0.5) is 0 Å². The lowest BCUT2D eigenvalue weighted by Crippen LogP contribution is -2.49. The maximum absolute atomic E-state index is 13.9. The zero-order valence-corrected chi connectivity index (χ0v) is 19.6. The molecular weight excluding hydrogens is 434 g/mol. The Morgan fingerprint density at radius 3 is 2.56 bits per heavy atom. The van der Waals surface area contributed by atoms with Crippen LogP contribution < -0.4 is 20.7 Å². The van der Waals surface area contributed by atoms with Crippen LogP contribution in [0.2, 0.25) is 0 Å². The van der Waals surface area contributed by atoms with Gasteiger partial charge in [-0.25, -0.2) is 13.2 Å². The number of ether oxygens (including phenoxy) is 2. The second kappa shape index (κ2) is 8.40. The molecular formula is C22H29N3O6S. The van der Waals surface area contributed by atoms with Crippen LogP contribution in [0.5, 0.6) is 11.5 Å². The second-order valence-electron chi connectivity index (χ2n) is 8.82. The van der Waals surface area contributed by atoms with Gasteiger partial charge in [-0.1, -0.05) is 32.8 Å². The van der Waals surface area contributed by atoms with Crippen molar-refractivity contribution in [3.63, 3.8) is 0 Å². The van der Waals surface area contributed by atoms with Crippen molar-refractivity contribution in [2.24, 2.45) is 25.9 Å². The van der Waals surface area contributed by atoms with Crippen LogP contribution in [0, 0.1) is 11.8 Å². The molecule has 0 N–H and O–H groups in total. The molecule has 1 aliphatic heterocycles. The standard InChI is InChI=1S/C22H29N3O6S/c1-14-6-5-7-17(15(14)2)25(11-16-8-9-18-19(10-16)31-13-30-18)32(28,29)20-12-23(3)22(27)24(4)21(20)26/h8-10,12,14-15,17H,5-7,11,13H2,1-4H3/t14-,15+,17+/m1/s1. The molecule has 0 spiro atoms. The first-order valence-corrected chi connectivity index (χ1v) is 12.2. The van der Waals surface area contributed by atoms with Gasteiger partial charge >= 0.3 is 5.69 Å². The van der Waals surface area contributed by atoms with Gasteiger partial charge in [0, 0.05) is 32.9 Å². The van der Waals surface area contributed by atoms with Gasteiger partial charge in [0.1, 0.15) is 0 Å². The number of aryl methyl sites for hydroxylation is 1. The quantitative estimate of drug-likeness (QED) is 0.671. The van der Waals surface area contributed by atoms with E-state index in [-0.39, 0.29) is 25.3 Å². The molecule has 1 aromatic heterocycles. The molecule has 2 aromatic rings. The average Bonchev–Trinajstić information content (AvgIpc) is 3.23. The Morgan fingerprint density at radius 1 is 1.09 bits per heavy atom. The summed E-state index contributed by atoms with van der Waals surface area (Å²) in [5.74, 6) is 1.66. The molecule has 32 heavy (non-hydrogen) atoms. The van der Waals surface area contributed by atoms with Gasteiger partial charge in [0.05, 0.1) is 0 Å².